The number of hydrogen-bond acceptors (Lipinski definition) is 6. The van der Waals surface area contributed by atoms with Crippen molar-refractivity contribution >= 4 is 17.7 Å². The minimum Gasteiger partial charge on any atom is -0.497 e. The lowest BCUT2D eigenvalue weighted by molar-refractivity contribution is 0.0939. The fourth-order valence-corrected chi connectivity index (χ4v) is 4.53. The van der Waals surface area contributed by atoms with Gasteiger partial charge in [-0.3, -0.25) is 9.36 Å². The van der Waals surface area contributed by atoms with Crippen LogP contribution in [0.5, 0.6) is 11.5 Å². The third kappa shape index (κ3) is 5.88. The number of rotatable bonds is 10. The van der Waals surface area contributed by atoms with Crippen LogP contribution in [0.2, 0.25) is 0 Å². The summed E-state index contributed by atoms with van der Waals surface area (Å²) >= 11 is 1.56. The molecular weight excluding hydrogens is 472 g/mol. The molecule has 0 fully saturated rings. The number of nitrogens with zero attached hydrogens (tertiary/aromatic N) is 3. The monoisotopic (exact) mass is 502 g/mol. The second kappa shape index (κ2) is 11.8. The van der Waals surface area contributed by atoms with Crippen molar-refractivity contribution in [1.82, 2.24) is 20.1 Å². The van der Waals surface area contributed by atoms with E-state index in [1.165, 1.54) is 0 Å². The van der Waals surface area contributed by atoms with Gasteiger partial charge in [0, 0.05) is 28.6 Å². The zero-order valence-electron chi connectivity index (χ0n) is 20.9. The molecular formula is C28H30N4O3S. The first-order valence-electron chi connectivity index (χ1n) is 11.8. The Kier molecular flexibility index (Phi) is 8.28. The largest absolute Gasteiger partial charge is 0.497 e. The van der Waals surface area contributed by atoms with E-state index >= 15 is 0 Å². The van der Waals surface area contributed by atoms with E-state index in [-0.39, 0.29) is 11.9 Å². The molecule has 4 aromatic rings. The third-order valence-electron chi connectivity index (χ3n) is 5.84. The summed E-state index contributed by atoms with van der Waals surface area (Å²) in [7, 11) is 3.29. The molecule has 1 N–H and O–H groups in total. The molecule has 0 saturated carbocycles. The van der Waals surface area contributed by atoms with Crippen LogP contribution < -0.4 is 14.8 Å². The van der Waals surface area contributed by atoms with Crippen LogP contribution in [0.25, 0.3) is 17.1 Å². The van der Waals surface area contributed by atoms with Crippen molar-refractivity contribution in [2.75, 3.05) is 14.2 Å². The first-order valence-corrected chi connectivity index (χ1v) is 12.8. The number of ether oxygens (including phenoxy) is 2. The van der Waals surface area contributed by atoms with Crippen molar-refractivity contribution in [2.45, 2.75) is 37.2 Å². The Bertz CT molecular complexity index is 1320. The number of hydrogen-bond donors (Lipinski definition) is 1. The lowest BCUT2D eigenvalue weighted by Gasteiger charge is -2.13. The fraction of sp³-hybridized carbons (Fsp3) is 0.250. The Labute approximate surface area is 215 Å². The summed E-state index contributed by atoms with van der Waals surface area (Å²) in [5.74, 6) is 2.81. The van der Waals surface area contributed by atoms with E-state index in [0.29, 0.717) is 17.1 Å². The molecule has 0 radical (unpaired) electrons. The average molecular weight is 503 g/mol. The van der Waals surface area contributed by atoms with Gasteiger partial charge in [0.1, 0.15) is 11.5 Å². The molecule has 0 bridgehead atoms. The maximum Gasteiger partial charge on any atom is 0.251 e. The van der Waals surface area contributed by atoms with Gasteiger partial charge in [-0.25, -0.2) is 0 Å². The topological polar surface area (TPSA) is 78.3 Å². The SMILES string of the molecule is CC[C@@H](C)NC(=O)c1cccc(CSc2nnc(-c3cccc(OC)c3)n2-c2ccc(OC)cc2)c1. The number of carbonyl (C=O) groups is 1. The molecule has 7 nitrogen and oxygen atoms in total. The second-order valence-electron chi connectivity index (χ2n) is 8.34. The molecule has 0 unspecified atom stereocenters. The molecule has 8 heteroatoms. The van der Waals surface area contributed by atoms with Crippen LogP contribution in [0.15, 0.2) is 78.0 Å². The van der Waals surface area contributed by atoms with Crippen LogP contribution in [0, 0.1) is 0 Å². The zero-order valence-corrected chi connectivity index (χ0v) is 21.7. The molecule has 1 atom stereocenters. The van der Waals surface area contributed by atoms with Crippen molar-refractivity contribution in [3.8, 4) is 28.6 Å². The van der Waals surface area contributed by atoms with Gasteiger partial charge in [-0.2, -0.15) is 0 Å². The number of methoxy groups -OCH3 is 2. The number of amides is 1. The van der Waals surface area contributed by atoms with Gasteiger partial charge in [0.05, 0.1) is 14.2 Å². The highest BCUT2D eigenvalue weighted by atomic mass is 32.2. The molecule has 0 saturated heterocycles. The van der Waals surface area contributed by atoms with Gasteiger partial charge in [-0.15, -0.1) is 10.2 Å². The molecule has 1 heterocycles. The average Bonchev–Trinajstić information content (AvgIpc) is 3.36. The van der Waals surface area contributed by atoms with Gasteiger partial charge in [0.25, 0.3) is 5.91 Å². The van der Waals surface area contributed by atoms with E-state index in [4.69, 9.17) is 9.47 Å². The van der Waals surface area contributed by atoms with Crippen LogP contribution in [-0.4, -0.2) is 40.9 Å². The van der Waals surface area contributed by atoms with E-state index in [0.717, 1.165) is 39.9 Å². The van der Waals surface area contributed by atoms with Crippen molar-refractivity contribution in [1.29, 1.82) is 0 Å². The Balaban J connectivity index is 1.64. The maximum atomic E-state index is 12.6. The number of thioether (sulfide) groups is 1. The lowest BCUT2D eigenvalue weighted by Crippen LogP contribution is -2.31. The summed E-state index contributed by atoms with van der Waals surface area (Å²) in [5.41, 5.74) is 3.50. The van der Waals surface area contributed by atoms with E-state index in [1.807, 2.05) is 84.3 Å². The Hall–Kier alpha value is -3.78. The number of carbonyl (C=O) groups excluding carboxylic acids is 1. The van der Waals surface area contributed by atoms with Crippen LogP contribution in [0.3, 0.4) is 0 Å². The van der Waals surface area contributed by atoms with Crippen molar-refractivity contribution in [3.05, 3.63) is 83.9 Å². The first kappa shape index (κ1) is 25.3. The Morgan fingerprint density at radius 3 is 2.44 bits per heavy atom. The smallest absolute Gasteiger partial charge is 0.251 e. The minimum absolute atomic E-state index is 0.0575. The van der Waals surface area contributed by atoms with E-state index < -0.39 is 0 Å². The highest BCUT2D eigenvalue weighted by molar-refractivity contribution is 7.98. The van der Waals surface area contributed by atoms with Gasteiger partial charge in [-0.05, 0) is 67.4 Å². The summed E-state index contributed by atoms with van der Waals surface area (Å²) < 4.78 is 12.8. The van der Waals surface area contributed by atoms with E-state index in [1.54, 1.807) is 26.0 Å². The molecule has 186 valence electrons. The molecule has 0 spiro atoms. The number of aromatic nitrogens is 3. The molecule has 36 heavy (non-hydrogen) atoms. The summed E-state index contributed by atoms with van der Waals surface area (Å²) in [5, 5.41) is 12.8. The lowest BCUT2D eigenvalue weighted by atomic mass is 10.1. The van der Waals surface area contributed by atoms with Crippen molar-refractivity contribution < 1.29 is 14.3 Å². The third-order valence-corrected chi connectivity index (χ3v) is 6.84. The first-order chi connectivity index (χ1) is 17.5. The van der Waals surface area contributed by atoms with Gasteiger partial charge in [0.2, 0.25) is 0 Å². The normalized spacial score (nSPS) is 11.7. The maximum absolute atomic E-state index is 12.6. The summed E-state index contributed by atoms with van der Waals surface area (Å²) in [6, 6.07) is 23.4. The second-order valence-corrected chi connectivity index (χ2v) is 9.29. The van der Waals surface area contributed by atoms with Crippen molar-refractivity contribution in [2.24, 2.45) is 0 Å². The molecule has 3 aromatic carbocycles. The molecule has 1 amide bonds. The molecule has 1 aromatic heterocycles. The van der Waals surface area contributed by atoms with Gasteiger partial charge >= 0.3 is 0 Å². The minimum atomic E-state index is -0.0575. The molecule has 0 aliphatic heterocycles. The Morgan fingerprint density at radius 2 is 1.72 bits per heavy atom. The van der Waals surface area contributed by atoms with Gasteiger partial charge < -0.3 is 14.8 Å². The van der Waals surface area contributed by atoms with E-state index in [9.17, 15) is 4.79 Å². The molecule has 0 aliphatic carbocycles. The quantitative estimate of drug-likeness (QED) is 0.277. The van der Waals surface area contributed by atoms with Crippen LogP contribution in [0.4, 0.5) is 0 Å². The van der Waals surface area contributed by atoms with Gasteiger partial charge in [-0.1, -0.05) is 43.0 Å². The predicted molar refractivity (Wildman–Crippen MR) is 143 cm³/mol. The molecule has 0 aliphatic rings. The van der Waals surface area contributed by atoms with Crippen LogP contribution in [-0.2, 0) is 5.75 Å². The summed E-state index contributed by atoms with van der Waals surface area (Å²) in [6.45, 7) is 4.06. The summed E-state index contributed by atoms with van der Waals surface area (Å²) in [6.07, 6.45) is 0.887. The number of nitrogens with one attached hydrogen (secondary N) is 1. The van der Waals surface area contributed by atoms with Crippen LogP contribution in [0.1, 0.15) is 36.2 Å². The van der Waals surface area contributed by atoms with Crippen molar-refractivity contribution in [3.63, 3.8) is 0 Å². The fourth-order valence-electron chi connectivity index (χ4n) is 3.64. The summed E-state index contributed by atoms with van der Waals surface area (Å²) in [4.78, 5) is 12.6. The highest BCUT2D eigenvalue weighted by Crippen LogP contribution is 2.32. The highest BCUT2D eigenvalue weighted by Gasteiger charge is 2.17. The Morgan fingerprint density at radius 1 is 0.972 bits per heavy atom. The van der Waals surface area contributed by atoms with E-state index in [2.05, 4.69) is 22.4 Å². The van der Waals surface area contributed by atoms with Crippen LogP contribution >= 0.6 is 11.8 Å². The zero-order chi connectivity index (χ0) is 25.5. The number of benzene rings is 3. The standard InChI is InChI=1S/C28H30N4O3S/c1-5-19(2)29-27(33)22-10-6-8-20(16-22)18-36-28-31-30-26(21-9-7-11-25(17-21)35-4)32(28)23-12-14-24(34-3)15-13-23/h6-17,19H,5,18H2,1-4H3,(H,29,33)/t19-/m1/s1. The molecule has 4 rings (SSSR count). The van der Waals surface area contributed by atoms with Gasteiger partial charge in [0.15, 0.2) is 11.0 Å². The predicted octanol–water partition coefficient (Wildman–Crippen LogP) is 5.77.